The second kappa shape index (κ2) is 10.4. The Bertz CT molecular complexity index is 1350. The van der Waals surface area contributed by atoms with Crippen molar-refractivity contribution in [3.05, 3.63) is 82.6 Å². The van der Waals surface area contributed by atoms with Crippen LogP contribution in [0.2, 0.25) is 0 Å². The molecule has 1 saturated heterocycles. The van der Waals surface area contributed by atoms with Crippen LogP contribution in [0.5, 0.6) is 5.88 Å². The fourth-order valence-electron chi connectivity index (χ4n) is 4.38. The van der Waals surface area contributed by atoms with Gasteiger partial charge in [0.1, 0.15) is 16.9 Å². The normalized spacial score (nSPS) is 20.6. The molecule has 3 aromatic rings. The number of nitrogens with one attached hydrogen (secondary N) is 1. The highest BCUT2D eigenvalue weighted by atomic mass is 32.2. The third kappa shape index (κ3) is 5.12. The molecule has 1 amide bonds. The average Bonchev–Trinajstić information content (AvgIpc) is 3.33. The van der Waals surface area contributed by atoms with E-state index in [1.807, 2.05) is 6.07 Å². The summed E-state index contributed by atoms with van der Waals surface area (Å²) >= 11 is 0. The molecule has 192 valence electrons. The van der Waals surface area contributed by atoms with Gasteiger partial charge >= 0.3 is 0 Å². The van der Waals surface area contributed by atoms with Gasteiger partial charge in [-0.1, -0.05) is 30.3 Å². The van der Waals surface area contributed by atoms with Gasteiger partial charge in [-0.3, -0.25) is 4.79 Å². The standard InChI is InChI=1S/C25H27F2N3O5S/c1-15-9-10-23(17-7-5-4-6-8-17)36(32,33)30(15)14-18-11-21(27)19(12-20(18)26)16(2)28-25(31)22-13-24(34-3)29-35-22/h4-8,11-13,15-16,23H,9-10,14H2,1-3H3,(H,28,31)/t15-,16?,23+/m0/s1. The lowest BCUT2D eigenvalue weighted by molar-refractivity contribution is 0.0901. The van der Waals surface area contributed by atoms with Crippen LogP contribution in [0, 0.1) is 11.6 Å². The molecule has 1 aliphatic rings. The number of carbonyl (C=O) groups excluding carboxylic acids is 1. The second-order valence-corrected chi connectivity index (χ2v) is 10.9. The van der Waals surface area contributed by atoms with E-state index in [1.165, 1.54) is 24.4 Å². The van der Waals surface area contributed by atoms with Crippen LogP contribution in [-0.4, -0.2) is 36.9 Å². The number of benzene rings is 2. The summed E-state index contributed by atoms with van der Waals surface area (Å²) < 4.78 is 67.9. The number of hydrogen-bond donors (Lipinski definition) is 1. The Morgan fingerprint density at radius 1 is 1.19 bits per heavy atom. The first-order valence-corrected chi connectivity index (χ1v) is 13.0. The largest absolute Gasteiger partial charge is 0.479 e. The Kier molecular flexibility index (Phi) is 7.41. The molecular weight excluding hydrogens is 492 g/mol. The van der Waals surface area contributed by atoms with Gasteiger partial charge < -0.3 is 14.6 Å². The third-order valence-corrected chi connectivity index (χ3v) is 8.79. The van der Waals surface area contributed by atoms with Gasteiger partial charge in [-0.05, 0) is 49.5 Å². The van der Waals surface area contributed by atoms with Crippen LogP contribution in [0.3, 0.4) is 0 Å². The Morgan fingerprint density at radius 2 is 1.92 bits per heavy atom. The molecule has 3 atom stereocenters. The number of nitrogens with zero attached hydrogens (tertiary/aromatic N) is 2. The molecule has 4 rings (SSSR count). The molecule has 1 unspecified atom stereocenters. The van der Waals surface area contributed by atoms with Crippen molar-refractivity contribution in [2.75, 3.05) is 7.11 Å². The Morgan fingerprint density at radius 3 is 2.58 bits per heavy atom. The highest BCUT2D eigenvalue weighted by Crippen LogP contribution is 2.38. The number of carbonyl (C=O) groups is 1. The van der Waals surface area contributed by atoms with Gasteiger partial charge in [-0.25, -0.2) is 17.2 Å². The van der Waals surface area contributed by atoms with Crippen LogP contribution in [0.1, 0.15) is 65.2 Å². The van der Waals surface area contributed by atoms with E-state index in [4.69, 9.17) is 9.26 Å². The van der Waals surface area contributed by atoms with E-state index in [9.17, 15) is 13.2 Å². The summed E-state index contributed by atoms with van der Waals surface area (Å²) in [5.74, 6) is -2.25. The van der Waals surface area contributed by atoms with Crippen molar-refractivity contribution in [2.45, 2.75) is 50.6 Å². The minimum atomic E-state index is -3.81. The number of amides is 1. The minimum absolute atomic E-state index is 0.0844. The topological polar surface area (TPSA) is 102 Å². The van der Waals surface area contributed by atoms with Crippen LogP contribution in [0.25, 0.3) is 0 Å². The molecule has 0 aliphatic carbocycles. The maximum atomic E-state index is 15.1. The predicted octanol–water partition coefficient (Wildman–Crippen LogP) is 4.51. The fraction of sp³-hybridized carbons (Fsp3) is 0.360. The van der Waals surface area contributed by atoms with Crippen molar-refractivity contribution in [3.8, 4) is 5.88 Å². The van der Waals surface area contributed by atoms with E-state index in [1.54, 1.807) is 31.2 Å². The van der Waals surface area contributed by atoms with Crippen LogP contribution in [0.4, 0.5) is 8.78 Å². The minimum Gasteiger partial charge on any atom is -0.479 e. The molecule has 2 aromatic carbocycles. The molecule has 1 N–H and O–H groups in total. The van der Waals surface area contributed by atoms with Crippen molar-refractivity contribution in [2.24, 2.45) is 0 Å². The molecule has 0 radical (unpaired) electrons. The van der Waals surface area contributed by atoms with Crippen molar-refractivity contribution >= 4 is 15.9 Å². The smallest absolute Gasteiger partial charge is 0.290 e. The summed E-state index contributed by atoms with van der Waals surface area (Å²) in [4.78, 5) is 12.3. The first-order chi connectivity index (χ1) is 17.1. The first kappa shape index (κ1) is 25.8. The quantitative estimate of drug-likeness (QED) is 0.493. The van der Waals surface area contributed by atoms with Crippen LogP contribution >= 0.6 is 0 Å². The SMILES string of the molecule is COc1cc(C(=O)NC(C)c2cc(F)c(CN3[C@@H](C)CC[C@H](c4ccccc4)S3(=O)=O)cc2F)on1. The van der Waals surface area contributed by atoms with Gasteiger partial charge in [0.15, 0.2) is 0 Å². The van der Waals surface area contributed by atoms with E-state index in [-0.39, 0.29) is 35.4 Å². The number of hydrogen-bond acceptors (Lipinski definition) is 6. The van der Waals surface area contributed by atoms with Crippen molar-refractivity contribution in [1.82, 2.24) is 14.8 Å². The highest BCUT2D eigenvalue weighted by Gasteiger charge is 2.40. The lowest BCUT2D eigenvalue weighted by Crippen LogP contribution is -2.44. The van der Waals surface area contributed by atoms with Crippen LogP contribution < -0.4 is 10.1 Å². The summed E-state index contributed by atoms with van der Waals surface area (Å²) in [6.07, 6.45) is 1.05. The maximum absolute atomic E-state index is 15.1. The number of halogens is 2. The van der Waals surface area contributed by atoms with E-state index >= 15 is 8.78 Å². The first-order valence-electron chi connectivity index (χ1n) is 11.5. The van der Waals surface area contributed by atoms with Gasteiger partial charge in [0.25, 0.3) is 11.8 Å². The van der Waals surface area contributed by atoms with Crippen molar-refractivity contribution in [3.63, 3.8) is 0 Å². The highest BCUT2D eigenvalue weighted by molar-refractivity contribution is 7.89. The monoisotopic (exact) mass is 519 g/mol. The zero-order valence-electron chi connectivity index (χ0n) is 20.1. The van der Waals surface area contributed by atoms with Crippen LogP contribution in [0.15, 0.2) is 53.1 Å². The molecule has 1 aliphatic heterocycles. The molecule has 36 heavy (non-hydrogen) atoms. The summed E-state index contributed by atoms with van der Waals surface area (Å²) in [5.41, 5.74) is 0.497. The summed E-state index contributed by atoms with van der Waals surface area (Å²) in [7, 11) is -2.45. The Hall–Kier alpha value is -3.31. The fourth-order valence-corrected chi connectivity index (χ4v) is 6.57. The molecule has 1 fully saturated rings. The molecule has 0 saturated carbocycles. The Labute approximate surface area is 208 Å². The summed E-state index contributed by atoms with van der Waals surface area (Å²) in [5, 5.41) is 5.31. The van der Waals surface area contributed by atoms with Crippen LogP contribution in [-0.2, 0) is 16.6 Å². The van der Waals surface area contributed by atoms with E-state index in [0.717, 1.165) is 12.1 Å². The lowest BCUT2D eigenvalue weighted by atomic mass is 10.0. The number of aromatic nitrogens is 1. The summed E-state index contributed by atoms with van der Waals surface area (Å²) in [6.45, 7) is 2.95. The van der Waals surface area contributed by atoms with Gasteiger partial charge in [-0.2, -0.15) is 4.31 Å². The molecular formula is C25H27F2N3O5S. The molecule has 8 nitrogen and oxygen atoms in total. The van der Waals surface area contributed by atoms with E-state index in [0.29, 0.717) is 18.4 Å². The average molecular weight is 520 g/mol. The molecule has 0 bridgehead atoms. The number of sulfonamides is 1. The van der Waals surface area contributed by atoms with E-state index in [2.05, 4.69) is 10.5 Å². The van der Waals surface area contributed by atoms with Crippen molar-refractivity contribution in [1.29, 1.82) is 0 Å². The molecule has 1 aromatic heterocycles. The lowest BCUT2D eigenvalue weighted by Gasteiger charge is -2.37. The zero-order valence-corrected chi connectivity index (χ0v) is 20.9. The second-order valence-electron chi connectivity index (χ2n) is 8.81. The number of ether oxygens (including phenoxy) is 1. The van der Waals surface area contributed by atoms with Crippen molar-refractivity contribution < 1.29 is 31.3 Å². The number of rotatable bonds is 7. The summed E-state index contributed by atoms with van der Waals surface area (Å²) in [6, 6.07) is 10.8. The van der Waals surface area contributed by atoms with Gasteiger partial charge in [-0.15, -0.1) is 0 Å². The van der Waals surface area contributed by atoms with E-state index < -0.39 is 38.9 Å². The van der Waals surface area contributed by atoms with Gasteiger partial charge in [0, 0.05) is 23.7 Å². The molecule has 0 spiro atoms. The number of methoxy groups -OCH3 is 1. The zero-order chi connectivity index (χ0) is 26.0. The maximum Gasteiger partial charge on any atom is 0.290 e. The Balaban J connectivity index is 1.54. The third-order valence-electron chi connectivity index (χ3n) is 6.42. The predicted molar refractivity (Wildman–Crippen MR) is 128 cm³/mol. The molecule has 11 heteroatoms. The van der Waals surface area contributed by atoms with Gasteiger partial charge in [0.05, 0.1) is 19.2 Å². The molecule has 2 heterocycles. The van der Waals surface area contributed by atoms with Gasteiger partial charge in [0.2, 0.25) is 15.8 Å².